The van der Waals surface area contributed by atoms with E-state index in [0.717, 1.165) is 18.7 Å². The molecule has 0 saturated heterocycles. The van der Waals surface area contributed by atoms with Gasteiger partial charge in [0.2, 0.25) is 5.78 Å². The van der Waals surface area contributed by atoms with Gasteiger partial charge in [0.15, 0.2) is 6.29 Å². The second kappa shape index (κ2) is 7.95. The van der Waals surface area contributed by atoms with Crippen molar-refractivity contribution in [1.29, 1.82) is 0 Å². The monoisotopic (exact) mass is 366 g/mol. The number of aldehydes is 1. The summed E-state index contributed by atoms with van der Waals surface area (Å²) in [5.74, 6) is 0.373. The Balaban J connectivity index is 2.62. The van der Waals surface area contributed by atoms with Crippen molar-refractivity contribution in [3.63, 3.8) is 0 Å². The fraction of sp³-hybridized carbons (Fsp3) is 0.389. The van der Waals surface area contributed by atoms with Crippen molar-refractivity contribution < 1.29 is 9.59 Å². The number of imidazole rings is 1. The first-order chi connectivity index (χ1) is 11.5. The van der Waals surface area contributed by atoms with E-state index in [1.54, 1.807) is 12.1 Å². The van der Waals surface area contributed by atoms with Gasteiger partial charge >= 0.3 is 0 Å². The van der Waals surface area contributed by atoms with Crippen molar-refractivity contribution in [2.24, 2.45) is 0 Å². The van der Waals surface area contributed by atoms with Crippen LogP contribution in [-0.2, 0) is 6.42 Å². The number of rotatable bonds is 7. The van der Waals surface area contributed by atoms with E-state index in [9.17, 15) is 9.59 Å². The summed E-state index contributed by atoms with van der Waals surface area (Å²) in [5, 5.41) is 0.698. The van der Waals surface area contributed by atoms with Crippen molar-refractivity contribution in [2.45, 2.75) is 46.1 Å². The lowest BCUT2D eigenvalue weighted by molar-refractivity contribution is 0.102. The van der Waals surface area contributed by atoms with Crippen LogP contribution in [0, 0.1) is 0 Å². The van der Waals surface area contributed by atoms with Crippen molar-refractivity contribution >= 4 is 35.3 Å². The maximum absolute atomic E-state index is 12.9. The molecule has 0 aliphatic carbocycles. The molecule has 0 bridgehead atoms. The minimum atomic E-state index is -0.363. The first kappa shape index (κ1) is 18.7. The van der Waals surface area contributed by atoms with Gasteiger partial charge in [-0.3, -0.25) is 9.59 Å². The van der Waals surface area contributed by atoms with Crippen LogP contribution < -0.4 is 0 Å². The van der Waals surface area contributed by atoms with E-state index >= 15 is 0 Å². The number of hydrogen-bond donors (Lipinski definition) is 0. The summed E-state index contributed by atoms with van der Waals surface area (Å²) in [6.07, 6.45) is 3.06. The highest BCUT2D eigenvalue weighted by atomic mass is 35.5. The van der Waals surface area contributed by atoms with Crippen LogP contribution in [0.15, 0.2) is 18.2 Å². The molecular formula is C18H20Cl2N2O2. The van der Waals surface area contributed by atoms with Gasteiger partial charge in [0.25, 0.3) is 0 Å². The second-order valence-corrected chi connectivity index (χ2v) is 6.37. The van der Waals surface area contributed by atoms with Crippen LogP contribution in [0.3, 0.4) is 0 Å². The van der Waals surface area contributed by atoms with Crippen LogP contribution in [0.5, 0.6) is 0 Å². The molecule has 0 aliphatic heterocycles. The molecule has 0 amide bonds. The van der Waals surface area contributed by atoms with Crippen LogP contribution in [0.1, 0.15) is 72.0 Å². The molecule has 0 saturated carbocycles. The highest BCUT2D eigenvalue weighted by Crippen LogP contribution is 2.27. The Morgan fingerprint density at radius 3 is 2.42 bits per heavy atom. The first-order valence-electron chi connectivity index (χ1n) is 8.04. The molecule has 24 heavy (non-hydrogen) atoms. The van der Waals surface area contributed by atoms with E-state index in [-0.39, 0.29) is 22.5 Å². The van der Waals surface area contributed by atoms with Crippen LogP contribution >= 0.6 is 23.2 Å². The fourth-order valence-corrected chi connectivity index (χ4v) is 3.38. The standard InChI is InChI=1S/C18H20Cl2N2O2/c1-4-12(5-2)22-15(10-23)17(21-16(22)6-3)18(24)13-8-7-11(19)9-14(13)20/h7-10,12H,4-6H2,1-3H3. The molecule has 1 aromatic carbocycles. The lowest BCUT2D eigenvalue weighted by Crippen LogP contribution is -2.14. The van der Waals surface area contributed by atoms with Crippen molar-refractivity contribution in [2.75, 3.05) is 0 Å². The summed E-state index contributed by atoms with van der Waals surface area (Å²) < 4.78 is 1.89. The van der Waals surface area contributed by atoms with Gasteiger partial charge in [-0.2, -0.15) is 0 Å². The van der Waals surface area contributed by atoms with Gasteiger partial charge in [0.05, 0.1) is 5.02 Å². The second-order valence-electron chi connectivity index (χ2n) is 5.53. The number of nitrogens with zero attached hydrogens (tertiary/aromatic N) is 2. The Morgan fingerprint density at radius 1 is 1.25 bits per heavy atom. The van der Waals surface area contributed by atoms with Gasteiger partial charge in [-0.05, 0) is 31.0 Å². The number of halogens is 2. The molecule has 0 N–H and O–H groups in total. The molecule has 0 aliphatic rings. The summed E-state index contributed by atoms with van der Waals surface area (Å²) >= 11 is 12.0. The molecule has 0 atom stereocenters. The molecule has 128 valence electrons. The minimum absolute atomic E-state index is 0.134. The van der Waals surface area contributed by atoms with Crippen molar-refractivity contribution in [1.82, 2.24) is 9.55 Å². The molecular weight excluding hydrogens is 347 g/mol. The molecule has 0 unspecified atom stereocenters. The minimum Gasteiger partial charge on any atom is -0.322 e. The van der Waals surface area contributed by atoms with Gasteiger partial charge < -0.3 is 4.57 Å². The summed E-state index contributed by atoms with van der Waals surface area (Å²) in [6.45, 7) is 6.07. The zero-order valence-electron chi connectivity index (χ0n) is 14.0. The average Bonchev–Trinajstić information content (AvgIpc) is 2.94. The van der Waals surface area contributed by atoms with Gasteiger partial charge in [-0.15, -0.1) is 0 Å². The quantitative estimate of drug-likeness (QED) is 0.502. The van der Waals surface area contributed by atoms with Crippen LogP contribution in [0.2, 0.25) is 10.0 Å². The number of carbonyl (C=O) groups excluding carboxylic acids is 2. The summed E-state index contributed by atoms with van der Waals surface area (Å²) in [7, 11) is 0. The topological polar surface area (TPSA) is 52.0 Å². The molecule has 0 spiro atoms. The predicted molar refractivity (Wildman–Crippen MR) is 96.5 cm³/mol. The van der Waals surface area contributed by atoms with E-state index in [0.29, 0.717) is 29.0 Å². The fourth-order valence-electron chi connectivity index (χ4n) is 2.88. The van der Waals surface area contributed by atoms with Crippen molar-refractivity contribution in [3.05, 3.63) is 51.0 Å². The number of aromatic nitrogens is 2. The number of aryl methyl sites for hydroxylation is 1. The van der Waals surface area contributed by atoms with E-state index in [1.165, 1.54) is 6.07 Å². The van der Waals surface area contributed by atoms with Crippen LogP contribution in [0.25, 0.3) is 0 Å². The van der Waals surface area contributed by atoms with Gasteiger partial charge in [-0.25, -0.2) is 4.98 Å². The Hall–Kier alpha value is -1.65. The molecule has 1 aromatic heterocycles. The Labute approximate surface area is 151 Å². The third kappa shape index (κ3) is 3.40. The lowest BCUT2D eigenvalue weighted by Gasteiger charge is -2.18. The third-order valence-electron chi connectivity index (χ3n) is 4.15. The zero-order valence-corrected chi connectivity index (χ0v) is 15.5. The molecule has 2 rings (SSSR count). The highest BCUT2D eigenvalue weighted by Gasteiger charge is 2.26. The molecule has 6 heteroatoms. The predicted octanol–water partition coefficient (Wildman–Crippen LogP) is 5.16. The van der Waals surface area contributed by atoms with E-state index in [1.807, 2.05) is 11.5 Å². The molecule has 4 nitrogen and oxygen atoms in total. The van der Waals surface area contributed by atoms with Crippen LogP contribution in [-0.4, -0.2) is 21.6 Å². The maximum Gasteiger partial charge on any atom is 0.215 e. The van der Waals surface area contributed by atoms with Gasteiger partial charge in [0, 0.05) is 23.0 Å². The molecule has 2 aromatic rings. The summed E-state index contributed by atoms with van der Waals surface area (Å²) in [5.41, 5.74) is 0.760. The SMILES string of the molecule is CCc1nc(C(=O)c2ccc(Cl)cc2Cl)c(C=O)n1C(CC)CC. The van der Waals surface area contributed by atoms with E-state index in [4.69, 9.17) is 23.2 Å². The third-order valence-corrected chi connectivity index (χ3v) is 4.70. The Morgan fingerprint density at radius 2 is 1.92 bits per heavy atom. The molecule has 0 fully saturated rings. The Kier molecular flexibility index (Phi) is 6.19. The average molecular weight is 367 g/mol. The van der Waals surface area contributed by atoms with E-state index in [2.05, 4.69) is 18.8 Å². The van der Waals surface area contributed by atoms with Crippen LogP contribution in [0.4, 0.5) is 0 Å². The lowest BCUT2D eigenvalue weighted by atomic mass is 10.1. The van der Waals surface area contributed by atoms with Gasteiger partial charge in [0.1, 0.15) is 17.2 Å². The Bertz CT molecular complexity index is 765. The van der Waals surface area contributed by atoms with Gasteiger partial charge in [-0.1, -0.05) is 44.0 Å². The van der Waals surface area contributed by atoms with E-state index < -0.39 is 0 Å². The number of carbonyl (C=O) groups is 2. The zero-order chi connectivity index (χ0) is 17.9. The summed E-state index contributed by atoms with van der Waals surface area (Å²) in [4.78, 5) is 29.0. The number of ketones is 1. The molecule has 1 heterocycles. The first-order valence-corrected chi connectivity index (χ1v) is 8.79. The normalized spacial score (nSPS) is 11.1. The number of hydrogen-bond acceptors (Lipinski definition) is 3. The smallest absolute Gasteiger partial charge is 0.215 e. The highest BCUT2D eigenvalue weighted by molar-refractivity contribution is 6.37. The number of benzene rings is 1. The summed E-state index contributed by atoms with van der Waals surface area (Å²) in [6, 6.07) is 4.80. The molecule has 0 radical (unpaired) electrons. The van der Waals surface area contributed by atoms with Crippen molar-refractivity contribution in [3.8, 4) is 0 Å². The maximum atomic E-state index is 12.9. The largest absolute Gasteiger partial charge is 0.322 e.